The number of rotatable bonds is 4. The standard InChI is InChI=1S/C27H31ClO6/c1-4-21(30)26(34-23(32)20-6-5-13-33-20)12-10-18-19-8-7-16-14-17(29)9-11-24(16,2)27(19,28)22(31)15-25(18,26)3/h5-6,9,11,13-14,18-19,22,31H,4,7-8,10,12,15H2,1-3H3/t18-,19-,22?,24-,25-,26+,27+/m0/s1. The first-order valence-corrected chi connectivity index (χ1v) is 12.5. The van der Waals surface area contributed by atoms with Crippen LogP contribution in [0.15, 0.2) is 46.6 Å². The van der Waals surface area contributed by atoms with E-state index >= 15 is 0 Å². The van der Waals surface area contributed by atoms with Crippen molar-refractivity contribution in [3.63, 3.8) is 0 Å². The van der Waals surface area contributed by atoms with Crippen molar-refractivity contribution >= 4 is 29.1 Å². The fourth-order valence-electron chi connectivity index (χ4n) is 7.77. The van der Waals surface area contributed by atoms with E-state index in [1.54, 1.807) is 25.1 Å². The average Bonchev–Trinajstić information content (AvgIpc) is 3.43. The molecule has 3 saturated carbocycles. The van der Waals surface area contributed by atoms with Gasteiger partial charge in [-0.05, 0) is 68.2 Å². The van der Waals surface area contributed by atoms with Crippen molar-refractivity contribution in [3.05, 3.63) is 48.0 Å². The second-order valence-corrected chi connectivity index (χ2v) is 11.4. The number of halogens is 1. The zero-order valence-corrected chi connectivity index (χ0v) is 20.6. The van der Waals surface area contributed by atoms with Crippen LogP contribution < -0.4 is 0 Å². The molecule has 0 saturated heterocycles. The molecule has 34 heavy (non-hydrogen) atoms. The highest BCUT2D eigenvalue weighted by molar-refractivity contribution is 6.26. The van der Waals surface area contributed by atoms with Gasteiger partial charge in [-0.1, -0.05) is 32.4 Å². The van der Waals surface area contributed by atoms with E-state index in [9.17, 15) is 19.5 Å². The number of carbonyl (C=O) groups is 3. The number of esters is 1. The van der Waals surface area contributed by atoms with Crippen molar-refractivity contribution in [3.8, 4) is 0 Å². The second kappa shape index (κ2) is 7.66. The van der Waals surface area contributed by atoms with Gasteiger partial charge in [0.2, 0.25) is 5.76 Å². The number of aliphatic hydroxyl groups is 1. The van der Waals surface area contributed by atoms with Gasteiger partial charge in [-0.25, -0.2) is 4.79 Å². The Morgan fingerprint density at radius 2 is 2.03 bits per heavy atom. The predicted octanol–water partition coefficient (Wildman–Crippen LogP) is 4.79. The van der Waals surface area contributed by atoms with Crippen molar-refractivity contribution < 1.29 is 28.6 Å². The lowest BCUT2D eigenvalue weighted by Crippen LogP contribution is -2.69. The maximum atomic E-state index is 13.5. The number of allylic oxidation sites excluding steroid dienone is 4. The second-order valence-electron chi connectivity index (χ2n) is 10.8. The summed E-state index contributed by atoms with van der Waals surface area (Å²) in [6, 6.07) is 3.12. The first kappa shape index (κ1) is 23.6. The molecule has 1 aromatic heterocycles. The van der Waals surface area contributed by atoms with E-state index in [0.717, 1.165) is 5.57 Å². The molecule has 0 spiro atoms. The number of ketones is 2. The molecule has 7 atom stereocenters. The fraction of sp³-hybridized carbons (Fsp3) is 0.593. The van der Waals surface area contributed by atoms with Crippen LogP contribution in [-0.4, -0.2) is 39.2 Å². The van der Waals surface area contributed by atoms with Gasteiger partial charge in [0.05, 0.1) is 17.2 Å². The number of furan rings is 1. The van der Waals surface area contributed by atoms with Gasteiger partial charge < -0.3 is 14.3 Å². The molecule has 1 heterocycles. The van der Waals surface area contributed by atoms with Gasteiger partial charge >= 0.3 is 5.97 Å². The molecule has 0 amide bonds. The molecule has 5 rings (SSSR count). The van der Waals surface area contributed by atoms with Gasteiger partial charge in [0.15, 0.2) is 17.2 Å². The summed E-state index contributed by atoms with van der Waals surface area (Å²) in [5, 5.41) is 11.7. The van der Waals surface area contributed by atoms with E-state index in [-0.39, 0.29) is 42.0 Å². The van der Waals surface area contributed by atoms with E-state index in [1.165, 1.54) is 12.3 Å². The van der Waals surface area contributed by atoms with E-state index in [0.29, 0.717) is 25.7 Å². The first-order chi connectivity index (χ1) is 16.0. The van der Waals surface area contributed by atoms with Crippen molar-refractivity contribution in [2.75, 3.05) is 0 Å². The highest BCUT2D eigenvalue weighted by Crippen LogP contribution is 2.71. The summed E-state index contributed by atoms with van der Waals surface area (Å²) in [4.78, 5) is 37.5. The van der Waals surface area contributed by atoms with Gasteiger partial charge in [0, 0.05) is 17.3 Å². The lowest BCUT2D eigenvalue weighted by Gasteiger charge is -2.64. The molecule has 4 aliphatic rings. The zero-order valence-electron chi connectivity index (χ0n) is 19.8. The quantitative estimate of drug-likeness (QED) is 0.485. The molecule has 3 fully saturated rings. The zero-order chi connectivity index (χ0) is 24.5. The minimum Gasteiger partial charge on any atom is -0.457 e. The third-order valence-corrected chi connectivity index (χ3v) is 10.4. The number of Topliss-reactive ketones (excluding diaryl/α,β-unsaturated/α-hetero) is 1. The fourth-order valence-corrected chi connectivity index (χ4v) is 8.29. The summed E-state index contributed by atoms with van der Waals surface area (Å²) in [6.07, 6.45) is 8.38. The molecule has 7 heteroatoms. The Morgan fingerprint density at radius 1 is 1.26 bits per heavy atom. The van der Waals surface area contributed by atoms with Gasteiger partial charge in [-0.3, -0.25) is 9.59 Å². The predicted molar refractivity (Wildman–Crippen MR) is 125 cm³/mol. The van der Waals surface area contributed by atoms with E-state index in [2.05, 4.69) is 0 Å². The van der Waals surface area contributed by atoms with Crippen LogP contribution in [0.25, 0.3) is 0 Å². The molecule has 0 aliphatic heterocycles. The Balaban J connectivity index is 1.58. The molecule has 1 N–H and O–H groups in total. The van der Waals surface area contributed by atoms with Gasteiger partial charge in [-0.15, -0.1) is 11.6 Å². The number of hydrogen-bond acceptors (Lipinski definition) is 6. The molecule has 1 aromatic rings. The van der Waals surface area contributed by atoms with Crippen LogP contribution in [0.1, 0.15) is 69.9 Å². The molecule has 0 bridgehead atoms. The van der Waals surface area contributed by atoms with Gasteiger partial charge in [0.1, 0.15) is 0 Å². The Morgan fingerprint density at radius 3 is 2.71 bits per heavy atom. The third-order valence-electron chi connectivity index (χ3n) is 9.52. The minimum atomic E-state index is -1.36. The first-order valence-electron chi connectivity index (χ1n) is 12.1. The third kappa shape index (κ3) is 2.81. The monoisotopic (exact) mass is 486 g/mol. The van der Waals surface area contributed by atoms with E-state index in [1.807, 2.05) is 19.9 Å². The number of alkyl halides is 1. The lowest BCUT2D eigenvalue weighted by molar-refractivity contribution is -0.173. The van der Waals surface area contributed by atoms with Crippen LogP contribution in [0.3, 0.4) is 0 Å². The van der Waals surface area contributed by atoms with E-state index in [4.69, 9.17) is 20.8 Å². The summed E-state index contributed by atoms with van der Waals surface area (Å²) in [5.74, 6) is -0.956. The summed E-state index contributed by atoms with van der Waals surface area (Å²) in [6.45, 7) is 5.75. The van der Waals surface area contributed by atoms with E-state index < -0.39 is 33.4 Å². The molecule has 6 nitrogen and oxygen atoms in total. The minimum absolute atomic E-state index is 0.0299. The Bertz CT molecular complexity index is 1100. The number of hydrogen-bond donors (Lipinski definition) is 1. The lowest BCUT2D eigenvalue weighted by atomic mass is 9.45. The summed E-state index contributed by atoms with van der Waals surface area (Å²) in [7, 11) is 0. The molecule has 4 aliphatic carbocycles. The normalized spacial score (nSPS) is 42.9. The van der Waals surface area contributed by atoms with Crippen molar-refractivity contribution in [1.29, 1.82) is 0 Å². The number of aliphatic hydroxyl groups excluding tert-OH is 1. The van der Waals surface area contributed by atoms with Crippen molar-refractivity contribution in [2.45, 2.75) is 75.9 Å². The van der Waals surface area contributed by atoms with Gasteiger partial charge in [-0.2, -0.15) is 0 Å². The molecular formula is C27H31ClO6. The van der Waals surface area contributed by atoms with Crippen LogP contribution in [-0.2, 0) is 14.3 Å². The van der Waals surface area contributed by atoms with Crippen LogP contribution in [0.5, 0.6) is 0 Å². The summed E-state index contributed by atoms with van der Waals surface area (Å²) in [5.41, 5.74) is -1.86. The SMILES string of the molecule is CCC(=O)[C@]1(OC(=O)c2ccco2)CC[C@H]2[C@@H]3CCC4=CC(=O)C=C[C@]4(C)[C@]3(Cl)C(O)C[C@@]21C. The molecule has 182 valence electrons. The van der Waals surface area contributed by atoms with Crippen LogP contribution in [0.4, 0.5) is 0 Å². The van der Waals surface area contributed by atoms with Crippen LogP contribution >= 0.6 is 11.6 Å². The molecular weight excluding hydrogens is 456 g/mol. The average molecular weight is 487 g/mol. The van der Waals surface area contributed by atoms with Crippen molar-refractivity contribution in [1.82, 2.24) is 0 Å². The summed E-state index contributed by atoms with van der Waals surface area (Å²) >= 11 is 7.45. The number of carbonyl (C=O) groups excluding carboxylic acids is 3. The number of fused-ring (bicyclic) bond motifs is 5. The van der Waals surface area contributed by atoms with Gasteiger partial charge in [0.25, 0.3) is 0 Å². The largest absolute Gasteiger partial charge is 0.457 e. The molecule has 0 radical (unpaired) electrons. The topological polar surface area (TPSA) is 93.8 Å². The van der Waals surface area contributed by atoms with Crippen LogP contribution in [0, 0.1) is 22.7 Å². The maximum Gasteiger partial charge on any atom is 0.375 e. The Kier molecular flexibility index (Phi) is 5.31. The summed E-state index contributed by atoms with van der Waals surface area (Å²) < 4.78 is 11.3. The van der Waals surface area contributed by atoms with Crippen molar-refractivity contribution in [2.24, 2.45) is 22.7 Å². The van der Waals surface area contributed by atoms with Crippen LogP contribution in [0.2, 0.25) is 0 Å². The molecule has 1 unspecified atom stereocenters. The number of ether oxygens (including phenoxy) is 1. The highest BCUT2D eigenvalue weighted by atomic mass is 35.5. The Hall–Kier alpha value is -2.18. The maximum absolute atomic E-state index is 13.5. The smallest absolute Gasteiger partial charge is 0.375 e. The Labute approximate surface area is 204 Å². The highest BCUT2D eigenvalue weighted by Gasteiger charge is 2.74. The molecule has 0 aromatic carbocycles.